The molecular formula is C19H17N5OS. The molecule has 0 spiro atoms. The highest BCUT2D eigenvalue weighted by Gasteiger charge is 2.18. The van der Waals surface area contributed by atoms with Crippen LogP contribution in [0, 0.1) is 6.92 Å². The van der Waals surface area contributed by atoms with Crippen LogP contribution in [-0.2, 0) is 4.79 Å². The van der Waals surface area contributed by atoms with Crippen molar-refractivity contribution in [3.8, 4) is 0 Å². The van der Waals surface area contributed by atoms with E-state index in [1.54, 1.807) is 10.8 Å². The Morgan fingerprint density at radius 3 is 2.77 bits per heavy atom. The molecular weight excluding hydrogens is 346 g/mol. The van der Waals surface area contributed by atoms with Crippen molar-refractivity contribution in [3.05, 3.63) is 60.4 Å². The van der Waals surface area contributed by atoms with E-state index in [0.717, 1.165) is 27.8 Å². The number of fused-ring (bicyclic) bond motifs is 3. The standard InChI is InChI=1S/C19H17N5OS/c1-12-7-3-5-9-15(12)21-18(25)13(2)26-19-22-17-14-8-4-6-10-16(14)20-11-24(17)23-19/h3-11,13H,1-2H3,(H,21,25)/t13-/m1/s1. The van der Waals surface area contributed by atoms with Gasteiger partial charge in [-0.2, -0.15) is 0 Å². The molecule has 0 fully saturated rings. The molecule has 2 heterocycles. The third kappa shape index (κ3) is 3.13. The lowest BCUT2D eigenvalue weighted by Gasteiger charge is -2.11. The topological polar surface area (TPSA) is 72.2 Å². The maximum Gasteiger partial charge on any atom is 0.237 e. The Morgan fingerprint density at radius 2 is 1.92 bits per heavy atom. The van der Waals surface area contributed by atoms with Gasteiger partial charge in [-0.05, 0) is 37.6 Å². The molecule has 1 atom stereocenters. The first-order chi connectivity index (χ1) is 12.6. The van der Waals surface area contributed by atoms with Crippen molar-refractivity contribution in [2.75, 3.05) is 5.32 Å². The van der Waals surface area contributed by atoms with Crippen LogP contribution in [0.25, 0.3) is 16.6 Å². The minimum atomic E-state index is -0.328. The molecule has 0 aliphatic carbocycles. The van der Waals surface area contributed by atoms with Gasteiger partial charge in [-0.25, -0.2) is 14.5 Å². The zero-order valence-corrected chi connectivity index (χ0v) is 15.2. The Hall–Kier alpha value is -2.93. The quantitative estimate of drug-likeness (QED) is 0.560. The summed E-state index contributed by atoms with van der Waals surface area (Å²) in [6, 6.07) is 15.5. The lowest BCUT2D eigenvalue weighted by molar-refractivity contribution is -0.115. The average molecular weight is 363 g/mol. The second kappa shape index (κ2) is 6.76. The highest BCUT2D eigenvalue weighted by Crippen LogP contribution is 2.24. The minimum absolute atomic E-state index is 0.0776. The first kappa shape index (κ1) is 16.5. The number of aromatic nitrogens is 4. The molecule has 1 N–H and O–H groups in total. The highest BCUT2D eigenvalue weighted by atomic mass is 32.2. The zero-order chi connectivity index (χ0) is 18.1. The molecule has 0 unspecified atom stereocenters. The second-order valence-corrected chi connectivity index (χ2v) is 7.30. The first-order valence-electron chi connectivity index (χ1n) is 8.25. The lowest BCUT2D eigenvalue weighted by atomic mass is 10.2. The number of carbonyl (C=O) groups is 1. The van der Waals surface area contributed by atoms with Crippen molar-refractivity contribution < 1.29 is 4.79 Å². The number of benzene rings is 2. The fourth-order valence-electron chi connectivity index (χ4n) is 2.67. The summed E-state index contributed by atoms with van der Waals surface area (Å²) in [7, 11) is 0. The molecule has 0 saturated heterocycles. The molecule has 7 heteroatoms. The number of thioether (sulfide) groups is 1. The Kier molecular flexibility index (Phi) is 4.30. The van der Waals surface area contributed by atoms with Crippen LogP contribution < -0.4 is 5.32 Å². The molecule has 4 aromatic rings. The SMILES string of the molecule is Cc1ccccc1NC(=O)[C@@H](C)Sc1nc2c3ccccc3ncn2n1. The lowest BCUT2D eigenvalue weighted by Crippen LogP contribution is -2.22. The number of anilines is 1. The van der Waals surface area contributed by atoms with Crippen LogP contribution in [0.15, 0.2) is 60.0 Å². The van der Waals surface area contributed by atoms with Gasteiger partial charge in [0.1, 0.15) is 6.33 Å². The monoisotopic (exact) mass is 363 g/mol. The number of hydrogen-bond acceptors (Lipinski definition) is 5. The van der Waals surface area contributed by atoms with Crippen LogP contribution in [-0.4, -0.2) is 30.7 Å². The van der Waals surface area contributed by atoms with Crippen molar-refractivity contribution in [3.63, 3.8) is 0 Å². The number of nitrogens with one attached hydrogen (secondary N) is 1. The van der Waals surface area contributed by atoms with E-state index in [-0.39, 0.29) is 11.2 Å². The van der Waals surface area contributed by atoms with Crippen molar-refractivity contribution in [1.82, 2.24) is 19.6 Å². The Labute approximate surface area is 154 Å². The maximum absolute atomic E-state index is 12.5. The van der Waals surface area contributed by atoms with Gasteiger partial charge >= 0.3 is 0 Å². The van der Waals surface area contributed by atoms with E-state index in [1.165, 1.54) is 11.8 Å². The van der Waals surface area contributed by atoms with Crippen molar-refractivity contribution in [1.29, 1.82) is 0 Å². The van der Waals surface area contributed by atoms with Crippen LogP contribution in [0.4, 0.5) is 5.69 Å². The van der Waals surface area contributed by atoms with Gasteiger partial charge in [0.2, 0.25) is 11.1 Å². The Balaban J connectivity index is 1.55. The number of nitrogens with zero attached hydrogens (tertiary/aromatic N) is 4. The van der Waals surface area contributed by atoms with Gasteiger partial charge in [0.15, 0.2) is 5.65 Å². The van der Waals surface area contributed by atoms with E-state index in [0.29, 0.717) is 5.16 Å². The van der Waals surface area contributed by atoms with Gasteiger partial charge in [-0.1, -0.05) is 42.1 Å². The molecule has 0 aliphatic heterocycles. The van der Waals surface area contributed by atoms with E-state index in [4.69, 9.17) is 0 Å². The Bertz CT molecular complexity index is 1110. The summed E-state index contributed by atoms with van der Waals surface area (Å²) in [5.41, 5.74) is 3.46. The molecule has 130 valence electrons. The van der Waals surface area contributed by atoms with Crippen molar-refractivity contribution in [2.24, 2.45) is 0 Å². The number of para-hydroxylation sites is 2. The van der Waals surface area contributed by atoms with E-state index < -0.39 is 0 Å². The molecule has 4 rings (SSSR count). The molecule has 6 nitrogen and oxygen atoms in total. The molecule has 0 aliphatic rings. The first-order valence-corrected chi connectivity index (χ1v) is 9.13. The predicted octanol–water partition coefficient (Wildman–Crippen LogP) is 3.71. The fourth-order valence-corrected chi connectivity index (χ4v) is 3.43. The van der Waals surface area contributed by atoms with Crippen LogP contribution in [0.3, 0.4) is 0 Å². The number of carbonyl (C=O) groups excluding carboxylic acids is 1. The van der Waals surface area contributed by atoms with Crippen molar-refractivity contribution >= 4 is 39.9 Å². The number of hydrogen-bond donors (Lipinski definition) is 1. The van der Waals surface area contributed by atoms with Gasteiger partial charge in [-0.3, -0.25) is 4.79 Å². The Morgan fingerprint density at radius 1 is 1.15 bits per heavy atom. The third-order valence-electron chi connectivity index (χ3n) is 4.12. The van der Waals surface area contributed by atoms with Crippen LogP contribution in [0.2, 0.25) is 0 Å². The second-order valence-electron chi connectivity index (χ2n) is 5.99. The molecule has 0 saturated carbocycles. The van der Waals surface area contributed by atoms with Crippen molar-refractivity contribution in [2.45, 2.75) is 24.3 Å². The number of rotatable bonds is 4. The molecule has 0 bridgehead atoms. The van der Waals surface area contributed by atoms with Gasteiger partial charge in [-0.15, -0.1) is 5.10 Å². The molecule has 2 aromatic heterocycles. The van der Waals surface area contributed by atoms with E-state index in [9.17, 15) is 4.79 Å². The summed E-state index contributed by atoms with van der Waals surface area (Å²) in [6.45, 7) is 3.82. The van der Waals surface area contributed by atoms with E-state index in [2.05, 4.69) is 20.4 Å². The summed E-state index contributed by atoms with van der Waals surface area (Å²) in [5.74, 6) is -0.0776. The van der Waals surface area contributed by atoms with Crippen LogP contribution >= 0.6 is 11.8 Å². The molecule has 2 aromatic carbocycles. The smallest absolute Gasteiger partial charge is 0.237 e. The minimum Gasteiger partial charge on any atom is -0.325 e. The molecule has 26 heavy (non-hydrogen) atoms. The zero-order valence-electron chi connectivity index (χ0n) is 14.4. The van der Waals surface area contributed by atoms with Gasteiger partial charge < -0.3 is 5.32 Å². The summed E-state index contributed by atoms with van der Waals surface area (Å²) in [5, 5.41) is 8.56. The third-order valence-corrected chi connectivity index (χ3v) is 5.07. The summed E-state index contributed by atoms with van der Waals surface area (Å²) >= 11 is 1.33. The van der Waals surface area contributed by atoms with Gasteiger partial charge in [0.25, 0.3) is 0 Å². The average Bonchev–Trinajstić information content (AvgIpc) is 3.06. The predicted molar refractivity (Wildman–Crippen MR) is 103 cm³/mol. The van der Waals surface area contributed by atoms with E-state index in [1.807, 2.05) is 62.4 Å². The van der Waals surface area contributed by atoms with Crippen LogP contribution in [0.5, 0.6) is 0 Å². The van der Waals surface area contributed by atoms with Gasteiger partial charge in [0, 0.05) is 11.1 Å². The normalized spacial score (nSPS) is 12.4. The van der Waals surface area contributed by atoms with E-state index >= 15 is 0 Å². The summed E-state index contributed by atoms with van der Waals surface area (Å²) < 4.78 is 1.65. The van der Waals surface area contributed by atoms with Crippen LogP contribution in [0.1, 0.15) is 12.5 Å². The summed E-state index contributed by atoms with van der Waals surface area (Å²) in [4.78, 5) is 21.4. The molecule has 1 amide bonds. The fraction of sp³-hybridized carbons (Fsp3) is 0.158. The van der Waals surface area contributed by atoms with Gasteiger partial charge in [0.05, 0.1) is 10.8 Å². The highest BCUT2D eigenvalue weighted by molar-refractivity contribution is 8.00. The number of aryl methyl sites for hydroxylation is 1. The largest absolute Gasteiger partial charge is 0.325 e. The molecule has 0 radical (unpaired) electrons. The summed E-state index contributed by atoms with van der Waals surface area (Å²) in [6.07, 6.45) is 1.65. The number of amides is 1. The maximum atomic E-state index is 12.5.